The van der Waals surface area contributed by atoms with Crippen molar-refractivity contribution in [2.24, 2.45) is 4.99 Å². The normalized spacial score (nSPS) is 11.3. The summed E-state index contributed by atoms with van der Waals surface area (Å²) < 4.78 is 14.8. The molecule has 0 aliphatic heterocycles. The number of aliphatic imine (C=N–C) groups is 1. The Morgan fingerprint density at radius 1 is 1.13 bits per heavy atom. The van der Waals surface area contributed by atoms with Crippen LogP contribution in [0.25, 0.3) is 5.69 Å². The quantitative estimate of drug-likeness (QED) is 0.256. The number of thiazole rings is 1. The van der Waals surface area contributed by atoms with Gasteiger partial charge in [-0.1, -0.05) is 0 Å². The molecule has 9 heteroatoms. The van der Waals surface area contributed by atoms with E-state index in [0.717, 1.165) is 54.0 Å². The second-order valence-electron chi connectivity index (χ2n) is 6.66. The minimum atomic E-state index is -0.249. The molecule has 0 bridgehead atoms. The third-order valence-corrected chi connectivity index (χ3v) is 5.55. The van der Waals surface area contributed by atoms with Gasteiger partial charge in [0.2, 0.25) is 0 Å². The van der Waals surface area contributed by atoms with E-state index in [0.29, 0.717) is 6.54 Å². The molecule has 0 spiro atoms. The predicted molar refractivity (Wildman–Crippen MR) is 132 cm³/mol. The molecule has 0 aliphatic carbocycles. The molecule has 3 rings (SSSR count). The molecule has 0 amide bonds. The van der Waals surface area contributed by atoms with E-state index in [1.807, 2.05) is 19.2 Å². The number of halogens is 2. The Morgan fingerprint density at radius 2 is 1.90 bits per heavy atom. The van der Waals surface area contributed by atoms with Gasteiger partial charge in [0.15, 0.2) is 5.96 Å². The first-order chi connectivity index (χ1) is 14.0. The van der Waals surface area contributed by atoms with Gasteiger partial charge in [-0.3, -0.25) is 4.99 Å². The van der Waals surface area contributed by atoms with Gasteiger partial charge in [-0.05, 0) is 51.1 Å². The first-order valence-corrected chi connectivity index (χ1v) is 10.6. The Kier molecular flexibility index (Phi) is 9.70. The van der Waals surface area contributed by atoms with Crippen molar-refractivity contribution in [2.45, 2.75) is 33.6 Å². The van der Waals surface area contributed by atoms with Crippen molar-refractivity contribution in [1.82, 2.24) is 25.4 Å². The summed E-state index contributed by atoms with van der Waals surface area (Å²) in [4.78, 5) is 10.5. The molecule has 30 heavy (non-hydrogen) atoms. The third kappa shape index (κ3) is 7.05. The van der Waals surface area contributed by atoms with Crippen LogP contribution in [0.1, 0.15) is 28.2 Å². The Balaban J connectivity index is 0.00000320. The minimum absolute atomic E-state index is 0. The number of hydrogen-bond acceptors (Lipinski definition) is 4. The van der Waals surface area contributed by atoms with E-state index in [1.165, 1.54) is 17.0 Å². The highest BCUT2D eigenvalue weighted by Gasteiger charge is 2.05. The highest BCUT2D eigenvalue weighted by molar-refractivity contribution is 14.0. The van der Waals surface area contributed by atoms with Gasteiger partial charge >= 0.3 is 0 Å². The maximum atomic E-state index is 13.1. The molecule has 0 fully saturated rings. The summed E-state index contributed by atoms with van der Waals surface area (Å²) in [6.45, 7) is 8.42. The maximum Gasteiger partial charge on any atom is 0.191 e. The summed E-state index contributed by atoms with van der Waals surface area (Å²) in [5.74, 6) is 0.552. The van der Waals surface area contributed by atoms with Gasteiger partial charge in [-0.15, -0.1) is 35.3 Å². The lowest BCUT2D eigenvalue weighted by atomic mass is 10.3. The number of hydrogen-bond donors (Lipinski definition) is 2. The Morgan fingerprint density at radius 3 is 2.57 bits per heavy atom. The number of rotatable bonds is 8. The van der Waals surface area contributed by atoms with Crippen molar-refractivity contribution in [3.63, 3.8) is 0 Å². The molecular formula is C21H28FIN6S. The van der Waals surface area contributed by atoms with E-state index in [-0.39, 0.29) is 29.8 Å². The number of aromatic nitrogens is 3. The van der Waals surface area contributed by atoms with Crippen molar-refractivity contribution in [3.05, 3.63) is 63.6 Å². The minimum Gasteiger partial charge on any atom is -0.357 e. The average Bonchev–Trinajstić information content (AvgIpc) is 3.29. The summed E-state index contributed by atoms with van der Waals surface area (Å²) in [6, 6.07) is 8.27. The number of aryl methyl sites for hydroxylation is 2. The zero-order valence-electron chi connectivity index (χ0n) is 17.5. The summed E-state index contributed by atoms with van der Waals surface area (Å²) in [5, 5.41) is 12.3. The van der Waals surface area contributed by atoms with Crippen LogP contribution in [0.2, 0.25) is 0 Å². The summed E-state index contributed by atoms with van der Waals surface area (Å²) in [5.41, 5.74) is 2.92. The lowest BCUT2D eigenvalue weighted by Gasteiger charge is -2.10. The summed E-state index contributed by atoms with van der Waals surface area (Å²) >= 11 is 1.74. The molecular weight excluding hydrogens is 514 g/mol. The summed E-state index contributed by atoms with van der Waals surface area (Å²) in [6.07, 6.45) is 3.50. The second-order valence-corrected chi connectivity index (χ2v) is 7.95. The van der Waals surface area contributed by atoms with E-state index in [9.17, 15) is 4.39 Å². The smallest absolute Gasteiger partial charge is 0.191 e. The SMILES string of the molecule is CCNC(=NCCc1nc(C)c(C)s1)NCCc1ccn(-c2ccc(F)cc2)n1.I. The van der Waals surface area contributed by atoms with Crippen LogP contribution in [-0.2, 0) is 12.8 Å². The van der Waals surface area contributed by atoms with Gasteiger partial charge in [0.05, 0.1) is 22.1 Å². The fraction of sp³-hybridized carbons (Fsp3) is 0.381. The Bertz CT molecular complexity index is 931. The standard InChI is InChI=1S/C21H27FN6S.HI/c1-4-23-21(25-13-10-20-26-15(2)16(3)29-20)24-12-9-18-11-14-28(27-18)19-7-5-17(22)6-8-19;/h5-8,11,14H,4,9-10,12-13H2,1-3H3,(H2,23,24,25);1H. The number of benzene rings is 1. The molecule has 6 nitrogen and oxygen atoms in total. The molecule has 0 saturated heterocycles. The van der Waals surface area contributed by atoms with Crippen LogP contribution in [0.4, 0.5) is 4.39 Å². The number of guanidine groups is 1. The van der Waals surface area contributed by atoms with E-state index in [4.69, 9.17) is 0 Å². The van der Waals surface area contributed by atoms with Crippen molar-refractivity contribution < 1.29 is 4.39 Å². The zero-order valence-corrected chi connectivity index (χ0v) is 20.6. The van der Waals surface area contributed by atoms with Crippen LogP contribution in [0, 0.1) is 19.7 Å². The van der Waals surface area contributed by atoms with Crippen LogP contribution in [0.5, 0.6) is 0 Å². The zero-order chi connectivity index (χ0) is 20.6. The highest BCUT2D eigenvalue weighted by atomic mass is 127. The van der Waals surface area contributed by atoms with Crippen molar-refractivity contribution in [3.8, 4) is 5.69 Å². The molecule has 162 valence electrons. The first-order valence-electron chi connectivity index (χ1n) is 9.80. The van der Waals surface area contributed by atoms with Crippen LogP contribution < -0.4 is 10.6 Å². The van der Waals surface area contributed by atoms with Gasteiger partial charge in [0.25, 0.3) is 0 Å². The predicted octanol–water partition coefficient (Wildman–Crippen LogP) is 4.04. The fourth-order valence-corrected chi connectivity index (χ4v) is 3.72. The van der Waals surface area contributed by atoms with Crippen molar-refractivity contribution in [2.75, 3.05) is 19.6 Å². The van der Waals surface area contributed by atoms with Crippen LogP contribution in [0.3, 0.4) is 0 Å². The lowest BCUT2D eigenvalue weighted by Crippen LogP contribution is -2.38. The largest absolute Gasteiger partial charge is 0.357 e. The molecule has 1 aromatic carbocycles. The van der Waals surface area contributed by atoms with Crippen LogP contribution in [-0.4, -0.2) is 40.4 Å². The molecule has 2 N–H and O–H groups in total. The van der Waals surface area contributed by atoms with Gasteiger partial charge in [-0.25, -0.2) is 14.1 Å². The van der Waals surface area contributed by atoms with Crippen LogP contribution in [0.15, 0.2) is 41.5 Å². The average molecular weight is 542 g/mol. The molecule has 0 radical (unpaired) electrons. The highest BCUT2D eigenvalue weighted by Crippen LogP contribution is 2.16. The Hall–Kier alpha value is -2.01. The maximum absolute atomic E-state index is 13.1. The van der Waals surface area contributed by atoms with Gasteiger partial charge in [0.1, 0.15) is 5.82 Å². The Labute approximate surface area is 198 Å². The fourth-order valence-electron chi connectivity index (χ4n) is 2.79. The van der Waals surface area contributed by atoms with Gasteiger partial charge in [0, 0.05) is 43.5 Å². The lowest BCUT2D eigenvalue weighted by molar-refractivity contribution is 0.627. The van der Waals surface area contributed by atoms with E-state index < -0.39 is 0 Å². The van der Waals surface area contributed by atoms with Gasteiger partial charge in [-0.2, -0.15) is 5.10 Å². The summed E-state index contributed by atoms with van der Waals surface area (Å²) in [7, 11) is 0. The molecule has 0 unspecified atom stereocenters. The topological polar surface area (TPSA) is 67.1 Å². The molecule has 0 aliphatic rings. The molecule has 0 atom stereocenters. The van der Waals surface area contributed by atoms with Crippen molar-refractivity contribution in [1.29, 1.82) is 0 Å². The molecule has 2 aromatic heterocycles. The first kappa shape index (κ1) is 24.3. The monoisotopic (exact) mass is 542 g/mol. The molecule has 2 heterocycles. The van der Waals surface area contributed by atoms with E-state index >= 15 is 0 Å². The van der Waals surface area contributed by atoms with Crippen molar-refractivity contribution >= 4 is 41.3 Å². The van der Waals surface area contributed by atoms with Gasteiger partial charge < -0.3 is 10.6 Å². The third-order valence-electron chi connectivity index (χ3n) is 4.42. The second kappa shape index (κ2) is 12.0. The van der Waals surface area contributed by atoms with Crippen LogP contribution >= 0.6 is 35.3 Å². The number of nitrogens with zero attached hydrogens (tertiary/aromatic N) is 4. The number of nitrogens with one attached hydrogen (secondary N) is 2. The van der Waals surface area contributed by atoms with E-state index in [2.05, 4.69) is 39.6 Å². The molecule has 0 saturated carbocycles. The molecule has 3 aromatic rings. The van der Waals surface area contributed by atoms with E-state index in [1.54, 1.807) is 28.2 Å².